The number of aliphatic hydroxyl groups is 1. The second-order valence-electron chi connectivity index (χ2n) is 2.88. The molecule has 0 spiro atoms. The van der Waals surface area contributed by atoms with Crippen LogP contribution in [0.2, 0.25) is 0 Å². The predicted molar refractivity (Wildman–Crippen MR) is 45.1 cm³/mol. The zero-order valence-corrected chi connectivity index (χ0v) is 7.01. The highest BCUT2D eigenvalue weighted by Gasteiger charge is 2.21. The lowest BCUT2D eigenvalue weighted by Gasteiger charge is -2.19. The van der Waals surface area contributed by atoms with Crippen molar-refractivity contribution in [2.75, 3.05) is 19.7 Å². The fraction of sp³-hybridized carbons (Fsp3) is 0.778. The molecule has 62 valence electrons. The maximum Gasteiger partial charge on any atom is 0.0604 e. The van der Waals surface area contributed by atoms with Crippen molar-refractivity contribution >= 4 is 0 Å². The molecule has 0 radical (unpaired) electrons. The van der Waals surface area contributed by atoms with Gasteiger partial charge in [0.25, 0.3) is 0 Å². The average Bonchev–Trinajstić information content (AvgIpc) is 2.47. The summed E-state index contributed by atoms with van der Waals surface area (Å²) in [6.07, 6.45) is 2.33. The van der Waals surface area contributed by atoms with Gasteiger partial charge in [0.05, 0.1) is 13.2 Å². The average molecular weight is 153 g/mol. The van der Waals surface area contributed by atoms with Crippen LogP contribution in [0.1, 0.15) is 19.8 Å². The summed E-state index contributed by atoms with van der Waals surface area (Å²) in [7, 11) is 0. The minimum atomic E-state index is 0.283. The van der Waals surface area contributed by atoms with Crippen molar-refractivity contribution in [2.45, 2.75) is 25.8 Å². The van der Waals surface area contributed by atoms with E-state index < -0.39 is 0 Å². The SMILES string of the molecule is CC#CCN1CCCC1CO. The van der Waals surface area contributed by atoms with Gasteiger partial charge in [-0.25, -0.2) is 0 Å². The molecular weight excluding hydrogens is 138 g/mol. The van der Waals surface area contributed by atoms with Crippen LogP contribution in [0.5, 0.6) is 0 Å². The lowest BCUT2D eigenvalue weighted by atomic mass is 10.2. The van der Waals surface area contributed by atoms with Crippen LogP contribution in [-0.2, 0) is 0 Å². The van der Waals surface area contributed by atoms with Gasteiger partial charge in [-0.05, 0) is 26.3 Å². The van der Waals surface area contributed by atoms with E-state index in [1.165, 1.54) is 6.42 Å². The molecule has 0 amide bonds. The van der Waals surface area contributed by atoms with Crippen molar-refractivity contribution in [2.24, 2.45) is 0 Å². The van der Waals surface area contributed by atoms with Crippen molar-refractivity contribution in [3.8, 4) is 11.8 Å². The summed E-state index contributed by atoms with van der Waals surface area (Å²) < 4.78 is 0. The molecule has 1 rings (SSSR count). The van der Waals surface area contributed by atoms with E-state index in [9.17, 15) is 0 Å². The zero-order chi connectivity index (χ0) is 8.10. The monoisotopic (exact) mass is 153 g/mol. The second kappa shape index (κ2) is 4.38. The molecule has 11 heavy (non-hydrogen) atoms. The molecule has 0 aromatic carbocycles. The van der Waals surface area contributed by atoms with Crippen molar-refractivity contribution < 1.29 is 5.11 Å². The molecular formula is C9H15NO. The normalized spacial score (nSPS) is 24.7. The molecule has 2 heteroatoms. The third-order valence-corrected chi connectivity index (χ3v) is 2.17. The summed E-state index contributed by atoms with van der Waals surface area (Å²) in [5, 5.41) is 8.95. The molecule has 1 saturated heterocycles. The highest BCUT2D eigenvalue weighted by atomic mass is 16.3. The van der Waals surface area contributed by atoms with Crippen molar-refractivity contribution in [3.05, 3.63) is 0 Å². The zero-order valence-electron chi connectivity index (χ0n) is 7.01. The van der Waals surface area contributed by atoms with Crippen molar-refractivity contribution in [1.82, 2.24) is 4.90 Å². The number of hydrogen-bond acceptors (Lipinski definition) is 2. The fourth-order valence-electron chi connectivity index (χ4n) is 1.49. The van der Waals surface area contributed by atoms with Crippen LogP contribution in [0, 0.1) is 11.8 Å². The van der Waals surface area contributed by atoms with Crippen LogP contribution in [0.25, 0.3) is 0 Å². The maximum absolute atomic E-state index is 8.95. The molecule has 0 saturated carbocycles. The summed E-state index contributed by atoms with van der Waals surface area (Å²) in [6, 6.07) is 0.371. The standard InChI is InChI=1S/C9H15NO/c1-2-3-6-10-7-4-5-9(10)8-11/h9,11H,4-8H2,1H3. The molecule has 1 fully saturated rings. The Kier molecular flexibility index (Phi) is 3.41. The van der Waals surface area contributed by atoms with Crippen LogP contribution in [0.15, 0.2) is 0 Å². The first-order valence-electron chi connectivity index (χ1n) is 4.13. The van der Waals surface area contributed by atoms with Gasteiger partial charge >= 0.3 is 0 Å². The van der Waals surface area contributed by atoms with Gasteiger partial charge in [-0.3, -0.25) is 4.90 Å². The molecule has 0 aliphatic carbocycles. The molecule has 1 N–H and O–H groups in total. The largest absolute Gasteiger partial charge is 0.395 e. The Balaban J connectivity index is 2.35. The first-order valence-corrected chi connectivity index (χ1v) is 4.13. The van der Waals surface area contributed by atoms with E-state index in [-0.39, 0.29) is 6.61 Å². The smallest absolute Gasteiger partial charge is 0.0604 e. The Morgan fingerprint density at radius 2 is 2.45 bits per heavy atom. The molecule has 1 atom stereocenters. The highest BCUT2D eigenvalue weighted by molar-refractivity contribution is 4.99. The molecule has 1 unspecified atom stereocenters. The number of aliphatic hydroxyl groups excluding tert-OH is 1. The van der Waals surface area contributed by atoms with Crippen LogP contribution in [-0.4, -0.2) is 35.7 Å². The number of rotatable bonds is 2. The van der Waals surface area contributed by atoms with Crippen LogP contribution in [0.4, 0.5) is 0 Å². The van der Waals surface area contributed by atoms with Gasteiger partial charge in [-0.2, -0.15) is 0 Å². The van der Waals surface area contributed by atoms with Crippen LogP contribution in [0.3, 0.4) is 0 Å². The Hall–Kier alpha value is -0.520. The number of hydrogen-bond donors (Lipinski definition) is 1. The van der Waals surface area contributed by atoms with Crippen molar-refractivity contribution in [3.63, 3.8) is 0 Å². The highest BCUT2D eigenvalue weighted by Crippen LogP contribution is 2.15. The summed E-state index contributed by atoms with van der Waals surface area (Å²) in [5.74, 6) is 5.89. The van der Waals surface area contributed by atoms with E-state index in [4.69, 9.17) is 5.11 Å². The molecule has 1 aliphatic heterocycles. The van der Waals surface area contributed by atoms with Crippen LogP contribution < -0.4 is 0 Å². The minimum Gasteiger partial charge on any atom is -0.395 e. The summed E-state index contributed by atoms with van der Waals surface area (Å²) >= 11 is 0. The van der Waals surface area contributed by atoms with E-state index in [1.54, 1.807) is 0 Å². The van der Waals surface area contributed by atoms with Gasteiger partial charge in [0, 0.05) is 6.04 Å². The Morgan fingerprint density at radius 3 is 3.09 bits per heavy atom. The molecule has 1 aliphatic rings. The molecule has 0 aromatic rings. The first-order chi connectivity index (χ1) is 5.38. The first kappa shape index (κ1) is 8.58. The van der Waals surface area contributed by atoms with Gasteiger partial charge in [0.2, 0.25) is 0 Å². The summed E-state index contributed by atoms with van der Waals surface area (Å²) in [4.78, 5) is 2.25. The van der Waals surface area contributed by atoms with E-state index in [0.29, 0.717) is 6.04 Å². The summed E-state index contributed by atoms with van der Waals surface area (Å²) in [5.41, 5.74) is 0. The molecule has 0 bridgehead atoms. The maximum atomic E-state index is 8.95. The lowest BCUT2D eigenvalue weighted by Crippen LogP contribution is -2.32. The van der Waals surface area contributed by atoms with Gasteiger partial charge in [0.15, 0.2) is 0 Å². The van der Waals surface area contributed by atoms with E-state index in [1.807, 2.05) is 6.92 Å². The topological polar surface area (TPSA) is 23.5 Å². The minimum absolute atomic E-state index is 0.283. The van der Waals surface area contributed by atoms with E-state index >= 15 is 0 Å². The quantitative estimate of drug-likeness (QED) is 0.583. The lowest BCUT2D eigenvalue weighted by molar-refractivity contribution is 0.171. The molecule has 1 heterocycles. The Bertz CT molecular complexity index is 168. The van der Waals surface area contributed by atoms with Gasteiger partial charge in [0.1, 0.15) is 0 Å². The van der Waals surface area contributed by atoms with Crippen LogP contribution >= 0.6 is 0 Å². The van der Waals surface area contributed by atoms with E-state index in [0.717, 1.165) is 19.5 Å². The number of nitrogens with zero attached hydrogens (tertiary/aromatic N) is 1. The third kappa shape index (κ3) is 2.21. The number of likely N-dealkylation sites (tertiary alicyclic amines) is 1. The Labute approximate surface area is 68.2 Å². The van der Waals surface area contributed by atoms with Gasteiger partial charge < -0.3 is 5.11 Å². The van der Waals surface area contributed by atoms with Crippen molar-refractivity contribution in [1.29, 1.82) is 0 Å². The fourth-order valence-corrected chi connectivity index (χ4v) is 1.49. The molecule has 0 aromatic heterocycles. The second-order valence-corrected chi connectivity index (χ2v) is 2.88. The van der Waals surface area contributed by atoms with Gasteiger partial charge in [-0.15, -0.1) is 5.92 Å². The Morgan fingerprint density at radius 1 is 1.64 bits per heavy atom. The molecule has 2 nitrogen and oxygen atoms in total. The van der Waals surface area contributed by atoms with E-state index in [2.05, 4.69) is 16.7 Å². The van der Waals surface area contributed by atoms with Gasteiger partial charge in [-0.1, -0.05) is 5.92 Å². The predicted octanol–water partition coefficient (Wildman–Crippen LogP) is 0.466. The summed E-state index contributed by atoms with van der Waals surface area (Å²) in [6.45, 7) is 4.05. The third-order valence-electron chi connectivity index (χ3n) is 2.17.